The molecule has 0 aromatic carbocycles. The lowest BCUT2D eigenvalue weighted by molar-refractivity contribution is -0.155. The van der Waals surface area contributed by atoms with Gasteiger partial charge in [-0.2, -0.15) is 16.7 Å². The summed E-state index contributed by atoms with van der Waals surface area (Å²) in [6.45, 7) is 9.16. The molecule has 0 spiro atoms. The number of hydrogen-bond donors (Lipinski definition) is 0. The molecule has 0 saturated carbocycles. The van der Waals surface area contributed by atoms with Gasteiger partial charge in [-0.1, -0.05) is 19.0 Å². The molecule has 0 aliphatic carbocycles. The third kappa shape index (κ3) is 5.06. The molecule has 5 nitrogen and oxygen atoms in total. The van der Waals surface area contributed by atoms with Crippen LogP contribution in [0.2, 0.25) is 0 Å². The van der Waals surface area contributed by atoms with E-state index in [0.29, 0.717) is 30.2 Å². The van der Waals surface area contributed by atoms with Crippen LogP contribution >= 0.6 is 11.8 Å². The molecule has 0 aliphatic rings. The Morgan fingerprint density at radius 2 is 1.88 bits per heavy atom. The van der Waals surface area contributed by atoms with Crippen molar-refractivity contribution in [1.82, 2.24) is 10.1 Å². The molecule has 0 saturated heterocycles. The van der Waals surface area contributed by atoms with Gasteiger partial charge in [0.15, 0.2) is 5.82 Å². The van der Waals surface area contributed by atoms with Crippen LogP contribution in [0.4, 0.5) is 0 Å². The molecule has 1 rings (SSSR count). The maximum Gasteiger partial charge on any atom is 0.283 e. The molecule has 0 N–H and O–H groups in total. The van der Waals surface area contributed by atoms with Crippen LogP contribution in [0.15, 0.2) is 4.52 Å². The van der Waals surface area contributed by atoms with Crippen molar-refractivity contribution in [2.24, 2.45) is 0 Å². The highest BCUT2D eigenvalue weighted by atomic mass is 32.2. The van der Waals surface area contributed by atoms with Gasteiger partial charge >= 0.3 is 0 Å². The summed E-state index contributed by atoms with van der Waals surface area (Å²) in [7, 11) is 0. The van der Waals surface area contributed by atoms with Crippen LogP contribution < -0.4 is 0 Å². The first-order valence-corrected chi connectivity index (χ1v) is 6.89. The fourth-order valence-electron chi connectivity index (χ4n) is 1.16. The van der Waals surface area contributed by atoms with Gasteiger partial charge in [0.1, 0.15) is 0 Å². The highest BCUT2D eigenvalue weighted by Gasteiger charge is 2.19. The number of nitrogens with zero attached hydrogens (tertiary/aromatic N) is 2. The van der Waals surface area contributed by atoms with Crippen LogP contribution in [0.1, 0.15) is 45.7 Å². The first-order chi connectivity index (χ1) is 8.17. The lowest BCUT2D eigenvalue weighted by Gasteiger charge is -2.11. The Morgan fingerprint density at radius 3 is 2.41 bits per heavy atom. The van der Waals surface area contributed by atoms with Gasteiger partial charge in [0, 0.05) is 13.2 Å². The minimum absolute atomic E-state index is 0.396. The standard InChI is InChI=1S/C11H20N2O3S/c1-5-14-11(15-6-2)10-12-9(13-16-10)7-17-8(3)4/h8,11H,5-7H2,1-4H3. The molecular weight excluding hydrogens is 240 g/mol. The van der Waals surface area contributed by atoms with Gasteiger partial charge in [-0.25, -0.2) is 0 Å². The van der Waals surface area contributed by atoms with Crippen molar-refractivity contribution in [1.29, 1.82) is 0 Å². The van der Waals surface area contributed by atoms with E-state index >= 15 is 0 Å². The predicted octanol–water partition coefficient (Wildman–Crippen LogP) is 2.78. The first kappa shape index (κ1) is 14.5. The van der Waals surface area contributed by atoms with Crippen LogP contribution in [0.25, 0.3) is 0 Å². The molecule has 6 heteroatoms. The summed E-state index contributed by atoms with van der Waals surface area (Å²) in [5.41, 5.74) is 0. The summed E-state index contributed by atoms with van der Waals surface area (Å²) in [6, 6.07) is 0. The zero-order valence-electron chi connectivity index (χ0n) is 10.8. The van der Waals surface area contributed by atoms with E-state index in [9.17, 15) is 0 Å². The minimum atomic E-state index is -0.546. The zero-order chi connectivity index (χ0) is 12.7. The molecule has 0 amide bonds. The van der Waals surface area contributed by atoms with Gasteiger partial charge in [-0.3, -0.25) is 0 Å². The summed E-state index contributed by atoms with van der Waals surface area (Å²) in [5, 5.41) is 4.45. The molecule has 0 aliphatic heterocycles. The quantitative estimate of drug-likeness (QED) is 0.670. The van der Waals surface area contributed by atoms with Crippen molar-refractivity contribution >= 4 is 11.8 Å². The van der Waals surface area contributed by atoms with Crippen LogP contribution in [-0.4, -0.2) is 28.6 Å². The fraction of sp³-hybridized carbons (Fsp3) is 0.818. The molecule has 1 aromatic rings. The lowest BCUT2D eigenvalue weighted by atomic mass is 10.6. The van der Waals surface area contributed by atoms with E-state index in [-0.39, 0.29) is 0 Å². The Hall–Kier alpha value is -0.590. The first-order valence-electron chi connectivity index (χ1n) is 5.84. The van der Waals surface area contributed by atoms with Gasteiger partial charge < -0.3 is 14.0 Å². The molecule has 1 heterocycles. The Bertz CT molecular complexity index is 311. The van der Waals surface area contributed by atoms with Crippen LogP contribution in [-0.2, 0) is 15.2 Å². The number of ether oxygens (including phenoxy) is 2. The molecule has 0 bridgehead atoms. The third-order valence-electron chi connectivity index (χ3n) is 1.87. The van der Waals surface area contributed by atoms with Crippen molar-refractivity contribution in [2.75, 3.05) is 13.2 Å². The largest absolute Gasteiger partial charge is 0.345 e. The molecule has 0 radical (unpaired) electrons. The fourth-order valence-corrected chi connectivity index (χ4v) is 1.76. The molecular formula is C11H20N2O3S. The van der Waals surface area contributed by atoms with Crippen LogP contribution in [0.3, 0.4) is 0 Å². The van der Waals surface area contributed by atoms with E-state index in [1.807, 2.05) is 13.8 Å². The molecule has 98 valence electrons. The molecule has 1 aromatic heterocycles. The Labute approximate surface area is 106 Å². The number of hydrogen-bond acceptors (Lipinski definition) is 6. The third-order valence-corrected chi connectivity index (χ3v) is 2.96. The number of rotatable bonds is 8. The topological polar surface area (TPSA) is 57.4 Å². The summed E-state index contributed by atoms with van der Waals surface area (Å²) < 4.78 is 15.9. The van der Waals surface area contributed by atoms with Crippen molar-refractivity contribution in [3.05, 3.63) is 11.7 Å². The Kier molecular flexibility index (Phi) is 6.54. The Balaban J connectivity index is 2.57. The van der Waals surface area contributed by atoms with Gasteiger partial charge in [0.05, 0.1) is 5.75 Å². The second-order valence-corrected chi connectivity index (χ2v) is 5.22. The SMILES string of the molecule is CCOC(OCC)c1nc(CSC(C)C)no1. The maximum atomic E-state index is 5.38. The molecule has 17 heavy (non-hydrogen) atoms. The smallest absolute Gasteiger partial charge is 0.283 e. The summed E-state index contributed by atoms with van der Waals surface area (Å²) >= 11 is 1.77. The average Bonchev–Trinajstić information content (AvgIpc) is 2.74. The van der Waals surface area contributed by atoms with Crippen molar-refractivity contribution in [2.45, 2.75) is 45.0 Å². The number of thioether (sulfide) groups is 1. The lowest BCUT2D eigenvalue weighted by Crippen LogP contribution is -2.09. The summed E-state index contributed by atoms with van der Waals surface area (Å²) in [5.74, 6) is 1.82. The molecule has 0 fully saturated rings. The van der Waals surface area contributed by atoms with E-state index < -0.39 is 6.29 Å². The predicted molar refractivity (Wildman–Crippen MR) is 66.7 cm³/mol. The Morgan fingerprint density at radius 1 is 1.24 bits per heavy atom. The average molecular weight is 260 g/mol. The van der Waals surface area contributed by atoms with Crippen molar-refractivity contribution in [3.63, 3.8) is 0 Å². The monoisotopic (exact) mass is 260 g/mol. The minimum Gasteiger partial charge on any atom is -0.345 e. The highest BCUT2D eigenvalue weighted by Crippen LogP contribution is 2.20. The second-order valence-electron chi connectivity index (χ2n) is 3.65. The van der Waals surface area contributed by atoms with E-state index in [0.717, 1.165) is 5.75 Å². The zero-order valence-corrected chi connectivity index (χ0v) is 11.6. The molecule has 0 unspecified atom stereocenters. The molecule has 0 atom stereocenters. The van der Waals surface area contributed by atoms with Crippen LogP contribution in [0, 0.1) is 0 Å². The normalized spacial score (nSPS) is 11.6. The maximum absolute atomic E-state index is 5.38. The van der Waals surface area contributed by atoms with E-state index in [2.05, 4.69) is 24.0 Å². The van der Waals surface area contributed by atoms with Gasteiger partial charge in [0.25, 0.3) is 5.89 Å². The van der Waals surface area contributed by atoms with Gasteiger partial charge in [0.2, 0.25) is 6.29 Å². The van der Waals surface area contributed by atoms with Crippen LogP contribution in [0.5, 0.6) is 0 Å². The highest BCUT2D eigenvalue weighted by molar-refractivity contribution is 7.99. The van der Waals surface area contributed by atoms with E-state index in [1.54, 1.807) is 11.8 Å². The summed E-state index contributed by atoms with van der Waals surface area (Å²) in [6.07, 6.45) is -0.546. The van der Waals surface area contributed by atoms with Crippen molar-refractivity contribution < 1.29 is 14.0 Å². The summed E-state index contributed by atoms with van der Waals surface area (Å²) in [4.78, 5) is 4.27. The van der Waals surface area contributed by atoms with Gasteiger partial charge in [-0.05, 0) is 19.1 Å². The van der Waals surface area contributed by atoms with Gasteiger partial charge in [-0.15, -0.1) is 0 Å². The van der Waals surface area contributed by atoms with E-state index in [4.69, 9.17) is 14.0 Å². The van der Waals surface area contributed by atoms with Crippen molar-refractivity contribution in [3.8, 4) is 0 Å². The second kappa shape index (κ2) is 7.68. The number of aromatic nitrogens is 2. The van der Waals surface area contributed by atoms with E-state index in [1.165, 1.54) is 0 Å².